The van der Waals surface area contributed by atoms with Crippen molar-refractivity contribution < 1.29 is 9.53 Å². The molecule has 1 aromatic carbocycles. The number of hydrogen-bond donors (Lipinski definition) is 1. The Labute approximate surface area is 194 Å². The molecule has 0 aliphatic carbocycles. The fourth-order valence-electron chi connectivity index (χ4n) is 4.24. The molecule has 0 saturated carbocycles. The van der Waals surface area contributed by atoms with Crippen LogP contribution in [0.25, 0.3) is 0 Å². The van der Waals surface area contributed by atoms with Gasteiger partial charge in [0.05, 0.1) is 7.11 Å². The number of benzene rings is 1. The Morgan fingerprint density at radius 1 is 1.23 bits per heavy atom. The second-order valence-electron chi connectivity index (χ2n) is 8.48. The molecule has 3 rings (SSSR count). The molecule has 1 amide bonds. The highest BCUT2D eigenvalue weighted by molar-refractivity contribution is 5.85. The van der Waals surface area contributed by atoms with Crippen LogP contribution in [0.2, 0.25) is 0 Å². The lowest BCUT2D eigenvalue weighted by Crippen LogP contribution is -2.48. The molecule has 170 valence electrons. The van der Waals surface area contributed by atoms with Crippen molar-refractivity contribution in [3.8, 4) is 5.75 Å². The first-order valence-electron chi connectivity index (χ1n) is 10.6. The van der Waals surface area contributed by atoms with Crippen molar-refractivity contribution in [3.63, 3.8) is 0 Å². The average molecular weight is 458 g/mol. The minimum atomic E-state index is -0.135. The van der Waals surface area contributed by atoms with Crippen molar-refractivity contribution >= 4 is 30.7 Å². The van der Waals surface area contributed by atoms with Gasteiger partial charge in [0.15, 0.2) is 0 Å². The zero-order valence-electron chi connectivity index (χ0n) is 18.4. The largest absolute Gasteiger partial charge is 0.496 e. The number of nitrogens with one attached hydrogen (secondary N) is 1. The van der Waals surface area contributed by atoms with Crippen molar-refractivity contribution in [2.24, 2.45) is 11.8 Å². The van der Waals surface area contributed by atoms with Crippen molar-refractivity contribution in [2.45, 2.75) is 39.3 Å². The van der Waals surface area contributed by atoms with Gasteiger partial charge in [-0.15, -0.1) is 24.8 Å². The number of hydrogen-bond acceptors (Lipinski definition) is 4. The molecular formula is C23H37Cl2N3O2. The molecule has 1 unspecified atom stereocenters. The van der Waals surface area contributed by atoms with Gasteiger partial charge >= 0.3 is 0 Å². The lowest BCUT2D eigenvalue weighted by Gasteiger charge is -2.36. The van der Waals surface area contributed by atoms with Gasteiger partial charge < -0.3 is 9.64 Å². The van der Waals surface area contributed by atoms with Gasteiger partial charge in [-0.05, 0) is 43.8 Å². The smallest absolute Gasteiger partial charge is 0.243 e. The number of carbonyl (C=O) groups excluding carboxylic acids is 1. The van der Waals surface area contributed by atoms with Gasteiger partial charge in [0, 0.05) is 31.7 Å². The molecule has 30 heavy (non-hydrogen) atoms. The Balaban J connectivity index is 0.00000225. The molecule has 1 fully saturated rings. The lowest BCUT2D eigenvalue weighted by atomic mass is 9.95. The minimum absolute atomic E-state index is 0. The van der Waals surface area contributed by atoms with E-state index in [0.717, 1.165) is 57.9 Å². The summed E-state index contributed by atoms with van der Waals surface area (Å²) in [6, 6.07) is 8.14. The molecular weight excluding hydrogens is 421 g/mol. The molecule has 7 heteroatoms. The standard InChI is InChI=1S/C23H35N3O2.2ClH/c1-18(2)15-26(23(27)21-8-6-12-24-21)16-19-10-13-25(14-11-19)17-20-7-4-5-9-22(20)28-3;;/h4-9,18-19,21,24H,10-17H2,1-3H3;2*1H. The molecule has 2 aliphatic heterocycles. The van der Waals surface area contributed by atoms with Crippen molar-refractivity contribution in [1.29, 1.82) is 0 Å². The summed E-state index contributed by atoms with van der Waals surface area (Å²) in [5.74, 6) is 2.27. The quantitative estimate of drug-likeness (QED) is 0.603. The molecule has 2 aliphatic rings. The first-order chi connectivity index (χ1) is 13.6. The van der Waals surface area contributed by atoms with Crippen LogP contribution in [0.5, 0.6) is 5.75 Å². The summed E-state index contributed by atoms with van der Waals surface area (Å²) in [6.45, 7) is 9.98. The lowest BCUT2D eigenvalue weighted by molar-refractivity contribution is -0.133. The zero-order valence-corrected chi connectivity index (χ0v) is 20.0. The van der Waals surface area contributed by atoms with E-state index in [2.05, 4.69) is 41.1 Å². The van der Waals surface area contributed by atoms with E-state index in [4.69, 9.17) is 4.74 Å². The molecule has 0 bridgehead atoms. The maximum Gasteiger partial charge on any atom is 0.243 e. The topological polar surface area (TPSA) is 44.8 Å². The van der Waals surface area contributed by atoms with E-state index in [1.54, 1.807) is 7.11 Å². The normalized spacial score (nSPS) is 19.3. The first kappa shape index (κ1) is 26.8. The van der Waals surface area contributed by atoms with Crippen LogP contribution in [0.1, 0.15) is 32.3 Å². The van der Waals surface area contributed by atoms with Gasteiger partial charge in [0.2, 0.25) is 5.91 Å². The fraction of sp³-hybridized carbons (Fsp3) is 0.609. The Bertz CT molecular complexity index is 676. The number of ether oxygens (including phenoxy) is 1. The maximum atomic E-state index is 12.9. The summed E-state index contributed by atoms with van der Waals surface area (Å²) >= 11 is 0. The fourth-order valence-corrected chi connectivity index (χ4v) is 4.24. The van der Waals surface area contributed by atoms with E-state index in [1.165, 1.54) is 5.56 Å². The highest BCUT2D eigenvalue weighted by Crippen LogP contribution is 2.24. The average Bonchev–Trinajstić information content (AvgIpc) is 3.23. The maximum absolute atomic E-state index is 12.9. The van der Waals surface area contributed by atoms with Crippen LogP contribution in [0.3, 0.4) is 0 Å². The summed E-state index contributed by atoms with van der Waals surface area (Å²) in [7, 11) is 1.74. The van der Waals surface area contributed by atoms with E-state index < -0.39 is 0 Å². The number of rotatable bonds is 8. The molecule has 0 radical (unpaired) electrons. The third-order valence-corrected chi connectivity index (χ3v) is 5.72. The third kappa shape index (κ3) is 7.45. The van der Waals surface area contributed by atoms with Gasteiger partial charge in [-0.3, -0.25) is 15.0 Å². The highest BCUT2D eigenvalue weighted by atomic mass is 35.5. The van der Waals surface area contributed by atoms with Gasteiger partial charge in [-0.25, -0.2) is 0 Å². The van der Waals surface area contributed by atoms with Gasteiger partial charge in [0.1, 0.15) is 11.8 Å². The molecule has 1 aromatic rings. The highest BCUT2D eigenvalue weighted by Gasteiger charge is 2.28. The minimum Gasteiger partial charge on any atom is -0.496 e. The van der Waals surface area contributed by atoms with Crippen LogP contribution in [0.4, 0.5) is 0 Å². The van der Waals surface area contributed by atoms with Crippen LogP contribution in [0.15, 0.2) is 36.4 Å². The Morgan fingerprint density at radius 2 is 1.93 bits per heavy atom. The predicted octanol–water partition coefficient (Wildman–Crippen LogP) is 3.76. The number of para-hydroxylation sites is 1. The molecule has 0 spiro atoms. The monoisotopic (exact) mass is 457 g/mol. The van der Waals surface area contributed by atoms with E-state index in [9.17, 15) is 4.79 Å². The zero-order chi connectivity index (χ0) is 19.9. The van der Waals surface area contributed by atoms with Crippen molar-refractivity contribution in [2.75, 3.05) is 39.8 Å². The summed E-state index contributed by atoms with van der Waals surface area (Å²) in [5, 5.41) is 3.27. The summed E-state index contributed by atoms with van der Waals surface area (Å²) in [5.41, 5.74) is 1.25. The van der Waals surface area contributed by atoms with Crippen LogP contribution in [-0.2, 0) is 11.3 Å². The predicted molar refractivity (Wildman–Crippen MR) is 128 cm³/mol. The summed E-state index contributed by atoms with van der Waals surface area (Å²) < 4.78 is 5.49. The summed E-state index contributed by atoms with van der Waals surface area (Å²) in [4.78, 5) is 17.5. The summed E-state index contributed by atoms with van der Waals surface area (Å²) in [6.07, 6.45) is 6.34. The first-order valence-corrected chi connectivity index (χ1v) is 10.6. The van der Waals surface area contributed by atoms with Crippen LogP contribution in [-0.4, -0.2) is 61.6 Å². The number of carbonyl (C=O) groups is 1. The van der Waals surface area contributed by atoms with Crippen molar-refractivity contribution in [3.05, 3.63) is 42.0 Å². The molecule has 1 atom stereocenters. The van der Waals surface area contributed by atoms with Gasteiger partial charge in [-0.1, -0.05) is 44.2 Å². The van der Waals surface area contributed by atoms with Crippen LogP contribution in [0, 0.1) is 11.8 Å². The number of likely N-dealkylation sites (tertiary alicyclic amines) is 1. The van der Waals surface area contributed by atoms with E-state index >= 15 is 0 Å². The number of halogens is 2. The van der Waals surface area contributed by atoms with Gasteiger partial charge in [-0.2, -0.15) is 0 Å². The number of amides is 1. The van der Waals surface area contributed by atoms with E-state index in [0.29, 0.717) is 11.8 Å². The van der Waals surface area contributed by atoms with Gasteiger partial charge in [0.25, 0.3) is 0 Å². The number of methoxy groups -OCH3 is 1. The van der Waals surface area contributed by atoms with E-state index in [1.807, 2.05) is 24.3 Å². The Hall–Kier alpha value is -1.27. The molecule has 5 nitrogen and oxygen atoms in total. The molecule has 1 saturated heterocycles. The second-order valence-corrected chi connectivity index (χ2v) is 8.48. The second kappa shape index (κ2) is 13.2. The molecule has 1 N–H and O–H groups in total. The SMILES string of the molecule is COc1ccccc1CN1CCC(CN(CC(C)C)C(=O)C2C=CCN2)CC1.Cl.Cl. The van der Waals surface area contributed by atoms with Crippen LogP contribution >= 0.6 is 24.8 Å². The Morgan fingerprint density at radius 3 is 2.53 bits per heavy atom. The van der Waals surface area contributed by atoms with E-state index in [-0.39, 0.29) is 36.8 Å². The Kier molecular flexibility index (Phi) is 11.8. The van der Waals surface area contributed by atoms with Crippen molar-refractivity contribution in [1.82, 2.24) is 15.1 Å². The number of piperidine rings is 1. The van der Waals surface area contributed by atoms with Crippen LogP contribution < -0.4 is 10.1 Å². The molecule has 0 aromatic heterocycles. The molecule has 2 heterocycles. The third-order valence-electron chi connectivity index (χ3n) is 5.72. The number of nitrogens with zero attached hydrogens (tertiary/aromatic N) is 2.